The van der Waals surface area contributed by atoms with Crippen molar-refractivity contribution in [1.82, 2.24) is 10.6 Å². The lowest BCUT2D eigenvalue weighted by molar-refractivity contribution is -0.0943. The molecule has 2 saturated heterocycles. The molecule has 2 fully saturated rings. The second kappa shape index (κ2) is 8.00. The maximum Gasteiger partial charge on any atom is 0.108 e. The standard InChI is InChI=1S/C7H15NO3.C5H11N/c1-2-4-6(10)7(11)5(9)3-8-4;1-2-4-6-5-3-1/h4-11H,2-3H2,1H3;6H,1-5H2/t4-,5+,6-,7-;/m0./s1. The lowest BCUT2D eigenvalue weighted by Crippen LogP contribution is -2.59. The molecule has 2 heterocycles. The van der Waals surface area contributed by atoms with E-state index in [1.165, 1.54) is 32.4 Å². The molecule has 0 amide bonds. The highest BCUT2D eigenvalue weighted by Gasteiger charge is 2.34. The Labute approximate surface area is 103 Å². The molecule has 2 aliphatic heterocycles. The van der Waals surface area contributed by atoms with Gasteiger partial charge in [0.2, 0.25) is 0 Å². The molecule has 0 unspecified atom stereocenters. The molecule has 0 spiro atoms. The molecule has 0 aliphatic carbocycles. The minimum atomic E-state index is -0.999. The smallest absolute Gasteiger partial charge is 0.108 e. The molecule has 0 bridgehead atoms. The highest BCUT2D eigenvalue weighted by atomic mass is 16.4. The first-order valence-electron chi connectivity index (χ1n) is 6.65. The van der Waals surface area contributed by atoms with Gasteiger partial charge in [0.1, 0.15) is 6.10 Å². The number of hydrogen-bond acceptors (Lipinski definition) is 5. The first kappa shape index (κ1) is 14.9. The summed E-state index contributed by atoms with van der Waals surface area (Å²) in [5.41, 5.74) is 0. The fourth-order valence-electron chi connectivity index (χ4n) is 2.17. The third-order valence-electron chi connectivity index (χ3n) is 3.39. The van der Waals surface area contributed by atoms with E-state index in [1.807, 2.05) is 6.92 Å². The molecule has 0 aromatic rings. The number of piperidine rings is 2. The summed E-state index contributed by atoms with van der Waals surface area (Å²) in [6.07, 6.45) is 2.29. The average molecular weight is 246 g/mol. The summed E-state index contributed by atoms with van der Waals surface area (Å²) in [4.78, 5) is 0. The summed E-state index contributed by atoms with van der Waals surface area (Å²) in [5.74, 6) is 0. The highest BCUT2D eigenvalue weighted by molar-refractivity contribution is 4.91. The first-order valence-corrected chi connectivity index (χ1v) is 6.65. The van der Waals surface area contributed by atoms with Gasteiger partial charge in [-0.3, -0.25) is 0 Å². The summed E-state index contributed by atoms with van der Waals surface area (Å²) in [7, 11) is 0. The fourth-order valence-corrected chi connectivity index (χ4v) is 2.17. The van der Waals surface area contributed by atoms with Crippen LogP contribution in [0, 0.1) is 0 Å². The Morgan fingerprint density at radius 1 is 1.00 bits per heavy atom. The molecular weight excluding hydrogens is 220 g/mol. The Morgan fingerprint density at radius 2 is 1.65 bits per heavy atom. The van der Waals surface area contributed by atoms with E-state index in [4.69, 9.17) is 5.11 Å². The number of aliphatic hydroxyl groups is 3. The lowest BCUT2D eigenvalue weighted by atomic mass is 9.95. The molecule has 17 heavy (non-hydrogen) atoms. The molecule has 2 aliphatic rings. The Bertz CT molecular complexity index is 187. The average Bonchev–Trinajstić information content (AvgIpc) is 2.39. The van der Waals surface area contributed by atoms with E-state index in [2.05, 4.69) is 10.6 Å². The Hall–Kier alpha value is -0.200. The van der Waals surface area contributed by atoms with Crippen molar-refractivity contribution in [1.29, 1.82) is 0 Å². The van der Waals surface area contributed by atoms with Crippen molar-refractivity contribution in [3.05, 3.63) is 0 Å². The van der Waals surface area contributed by atoms with Crippen molar-refractivity contribution in [2.75, 3.05) is 19.6 Å². The van der Waals surface area contributed by atoms with Crippen molar-refractivity contribution in [2.45, 2.75) is 57.0 Å². The normalized spacial score (nSPS) is 38.1. The first-order chi connectivity index (χ1) is 8.16. The van der Waals surface area contributed by atoms with Gasteiger partial charge in [-0.1, -0.05) is 13.3 Å². The Morgan fingerprint density at radius 3 is 2.06 bits per heavy atom. The van der Waals surface area contributed by atoms with E-state index >= 15 is 0 Å². The molecule has 4 atom stereocenters. The van der Waals surface area contributed by atoms with Crippen LogP contribution < -0.4 is 10.6 Å². The number of nitrogens with one attached hydrogen (secondary N) is 2. The minimum absolute atomic E-state index is 0.0894. The van der Waals surface area contributed by atoms with Crippen LogP contribution in [-0.2, 0) is 0 Å². The van der Waals surface area contributed by atoms with Gasteiger partial charge in [-0.05, 0) is 32.4 Å². The summed E-state index contributed by atoms with van der Waals surface area (Å²) in [5, 5.41) is 33.9. The van der Waals surface area contributed by atoms with Gasteiger partial charge in [0.25, 0.3) is 0 Å². The Kier molecular flexibility index (Phi) is 6.99. The van der Waals surface area contributed by atoms with Crippen LogP contribution in [0.25, 0.3) is 0 Å². The van der Waals surface area contributed by atoms with Gasteiger partial charge in [-0.2, -0.15) is 0 Å². The van der Waals surface area contributed by atoms with Crippen molar-refractivity contribution >= 4 is 0 Å². The van der Waals surface area contributed by atoms with Crippen LogP contribution in [0.5, 0.6) is 0 Å². The number of aliphatic hydroxyl groups excluding tert-OH is 3. The maximum atomic E-state index is 9.34. The van der Waals surface area contributed by atoms with E-state index in [-0.39, 0.29) is 6.04 Å². The molecule has 5 heteroatoms. The predicted molar refractivity (Wildman–Crippen MR) is 66.8 cm³/mol. The van der Waals surface area contributed by atoms with Crippen LogP contribution in [0.1, 0.15) is 32.6 Å². The molecular formula is C12H26N2O3. The van der Waals surface area contributed by atoms with E-state index < -0.39 is 18.3 Å². The SMILES string of the molecule is C1CCNCC1.CC[C@@H]1NC[C@@H](O)[C@H](O)[C@H]1O. The minimum Gasteiger partial charge on any atom is -0.389 e. The van der Waals surface area contributed by atoms with Crippen LogP contribution in [0.15, 0.2) is 0 Å². The van der Waals surface area contributed by atoms with Gasteiger partial charge >= 0.3 is 0 Å². The summed E-state index contributed by atoms with van der Waals surface area (Å²) in [6, 6.07) is -0.0894. The molecule has 5 nitrogen and oxygen atoms in total. The molecule has 0 saturated carbocycles. The van der Waals surface area contributed by atoms with Crippen molar-refractivity contribution in [2.24, 2.45) is 0 Å². The number of hydrogen-bond donors (Lipinski definition) is 5. The zero-order valence-electron chi connectivity index (χ0n) is 10.6. The monoisotopic (exact) mass is 246 g/mol. The highest BCUT2D eigenvalue weighted by Crippen LogP contribution is 2.12. The van der Waals surface area contributed by atoms with Crippen molar-refractivity contribution in [3.63, 3.8) is 0 Å². The van der Waals surface area contributed by atoms with E-state index in [0.29, 0.717) is 6.54 Å². The van der Waals surface area contributed by atoms with Gasteiger partial charge < -0.3 is 26.0 Å². The van der Waals surface area contributed by atoms with Gasteiger partial charge in [-0.25, -0.2) is 0 Å². The molecule has 0 radical (unpaired) electrons. The Balaban J connectivity index is 0.000000202. The van der Waals surface area contributed by atoms with Crippen LogP contribution in [-0.4, -0.2) is 59.3 Å². The quantitative estimate of drug-likeness (QED) is 0.419. The summed E-state index contributed by atoms with van der Waals surface area (Å²) in [6.45, 7) is 4.78. The molecule has 2 rings (SSSR count). The van der Waals surface area contributed by atoms with Crippen molar-refractivity contribution < 1.29 is 15.3 Å². The second-order valence-electron chi connectivity index (χ2n) is 4.78. The summed E-state index contributed by atoms with van der Waals surface area (Å²) < 4.78 is 0. The predicted octanol–water partition coefficient (Wildman–Crippen LogP) is -0.789. The van der Waals surface area contributed by atoms with Gasteiger partial charge in [0, 0.05) is 12.6 Å². The van der Waals surface area contributed by atoms with Crippen LogP contribution in [0.3, 0.4) is 0 Å². The number of rotatable bonds is 1. The maximum absolute atomic E-state index is 9.34. The zero-order valence-corrected chi connectivity index (χ0v) is 10.6. The van der Waals surface area contributed by atoms with E-state index in [9.17, 15) is 10.2 Å². The van der Waals surface area contributed by atoms with Crippen LogP contribution in [0.2, 0.25) is 0 Å². The van der Waals surface area contributed by atoms with E-state index in [0.717, 1.165) is 6.42 Å². The lowest BCUT2D eigenvalue weighted by Gasteiger charge is -2.35. The van der Waals surface area contributed by atoms with Gasteiger partial charge in [0.15, 0.2) is 0 Å². The summed E-state index contributed by atoms with van der Waals surface area (Å²) >= 11 is 0. The second-order valence-corrected chi connectivity index (χ2v) is 4.78. The third-order valence-corrected chi connectivity index (χ3v) is 3.39. The van der Waals surface area contributed by atoms with Gasteiger partial charge in [0.05, 0.1) is 12.2 Å². The van der Waals surface area contributed by atoms with Crippen LogP contribution in [0.4, 0.5) is 0 Å². The fraction of sp³-hybridized carbons (Fsp3) is 1.00. The zero-order chi connectivity index (χ0) is 12.7. The van der Waals surface area contributed by atoms with Gasteiger partial charge in [-0.15, -0.1) is 0 Å². The topological polar surface area (TPSA) is 84.8 Å². The molecule has 0 aromatic heterocycles. The molecule has 0 aromatic carbocycles. The van der Waals surface area contributed by atoms with Crippen molar-refractivity contribution in [3.8, 4) is 0 Å². The molecule has 5 N–H and O–H groups in total. The largest absolute Gasteiger partial charge is 0.389 e. The number of β-amino-alcohol motifs (C(OH)–C–C–N with tert-alkyl or cyclic N) is 1. The van der Waals surface area contributed by atoms with E-state index in [1.54, 1.807) is 0 Å². The van der Waals surface area contributed by atoms with Crippen LogP contribution >= 0.6 is 0 Å². The third kappa shape index (κ3) is 4.89. The molecule has 102 valence electrons.